The van der Waals surface area contributed by atoms with Crippen LogP contribution < -0.4 is 5.32 Å². The van der Waals surface area contributed by atoms with Crippen LogP contribution in [0.2, 0.25) is 0 Å². The van der Waals surface area contributed by atoms with Crippen molar-refractivity contribution in [1.29, 1.82) is 0 Å². The van der Waals surface area contributed by atoms with Gasteiger partial charge in [-0.15, -0.1) is 0 Å². The molecule has 4 nitrogen and oxygen atoms in total. The summed E-state index contributed by atoms with van der Waals surface area (Å²) in [6.45, 7) is 1.96. The SMILES string of the molecule is O=C(CCCCC(=O)N1CCC2CCCCC2C1)NC12CC3CC(CC(C3)C1)C2. The van der Waals surface area contributed by atoms with E-state index < -0.39 is 0 Å². The van der Waals surface area contributed by atoms with Crippen LogP contribution in [0, 0.1) is 29.6 Å². The summed E-state index contributed by atoms with van der Waals surface area (Å²) in [5, 5.41) is 3.47. The van der Waals surface area contributed by atoms with E-state index in [4.69, 9.17) is 0 Å². The number of hydrogen-bond acceptors (Lipinski definition) is 2. The van der Waals surface area contributed by atoms with Crippen LogP contribution in [-0.2, 0) is 9.59 Å². The summed E-state index contributed by atoms with van der Waals surface area (Å²) < 4.78 is 0. The molecule has 1 saturated heterocycles. The smallest absolute Gasteiger partial charge is 0.222 e. The first-order valence-corrected chi connectivity index (χ1v) is 12.7. The number of amides is 2. The molecule has 4 bridgehead atoms. The van der Waals surface area contributed by atoms with E-state index >= 15 is 0 Å². The summed E-state index contributed by atoms with van der Waals surface area (Å²) in [6.07, 6.45) is 17.5. The molecule has 162 valence electrons. The third kappa shape index (κ3) is 4.37. The lowest BCUT2D eigenvalue weighted by Crippen LogP contribution is -2.59. The molecule has 0 radical (unpaired) electrons. The topological polar surface area (TPSA) is 49.4 Å². The molecule has 0 aromatic carbocycles. The van der Waals surface area contributed by atoms with E-state index in [1.54, 1.807) is 0 Å². The number of unbranched alkanes of at least 4 members (excludes halogenated alkanes) is 1. The van der Waals surface area contributed by atoms with Crippen LogP contribution in [0.25, 0.3) is 0 Å². The molecule has 6 aliphatic rings. The number of rotatable bonds is 6. The van der Waals surface area contributed by atoms with Crippen LogP contribution in [0.1, 0.15) is 96.3 Å². The molecule has 0 spiro atoms. The van der Waals surface area contributed by atoms with Gasteiger partial charge in [-0.25, -0.2) is 0 Å². The van der Waals surface area contributed by atoms with E-state index in [-0.39, 0.29) is 11.4 Å². The molecule has 6 rings (SSSR count). The number of nitrogens with one attached hydrogen (secondary N) is 1. The minimum Gasteiger partial charge on any atom is -0.351 e. The molecular weight excluding hydrogens is 360 g/mol. The summed E-state index contributed by atoms with van der Waals surface area (Å²) in [4.78, 5) is 27.4. The third-order valence-corrected chi connectivity index (χ3v) is 9.13. The lowest BCUT2D eigenvalue weighted by Gasteiger charge is -2.56. The second-order valence-electron chi connectivity index (χ2n) is 11.4. The molecule has 2 atom stereocenters. The molecule has 4 heteroatoms. The Morgan fingerprint density at radius 2 is 1.45 bits per heavy atom. The third-order valence-electron chi connectivity index (χ3n) is 9.13. The van der Waals surface area contributed by atoms with Gasteiger partial charge in [0.05, 0.1) is 0 Å². The van der Waals surface area contributed by atoms with Crippen molar-refractivity contribution in [2.45, 2.75) is 102 Å². The van der Waals surface area contributed by atoms with Crippen molar-refractivity contribution in [3.8, 4) is 0 Å². The normalized spacial score (nSPS) is 40.6. The summed E-state index contributed by atoms with van der Waals surface area (Å²) in [5.41, 5.74) is 0.131. The van der Waals surface area contributed by atoms with Crippen LogP contribution in [0.3, 0.4) is 0 Å². The quantitative estimate of drug-likeness (QED) is 0.659. The largest absolute Gasteiger partial charge is 0.351 e. The summed E-state index contributed by atoms with van der Waals surface area (Å²) in [6, 6.07) is 0. The second-order valence-corrected chi connectivity index (χ2v) is 11.4. The molecule has 2 amide bonds. The molecule has 1 aliphatic heterocycles. The van der Waals surface area contributed by atoms with Crippen molar-refractivity contribution in [1.82, 2.24) is 10.2 Å². The standard InChI is InChI=1S/C25H40N2O2/c28-23(26-25-14-18-11-19(15-25)13-20(12-18)16-25)7-3-4-8-24(29)27-10-9-21-5-1-2-6-22(21)17-27/h18-22H,1-17H2,(H,26,28). The van der Waals surface area contributed by atoms with Crippen LogP contribution in [0.15, 0.2) is 0 Å². The fourth-order valence-electron chi connectivity index (χ4n) is 8.17. The van der Waals surface area contributed by atoms with E-state index in [0.717, 1.165) is 55.5 Å². The van der Waals surface area contributed by atoms with Gasteiger partial charge < -0.3 is 10.2 Å². The van der Waals surface area contributed by atoms with Gasteiger partial charge in [0, 0.05) is 31.5 Å². The number of carbonyl (C=O) groups is 2. The summed E-state index contributed by atoms with van der Waals surface area (Å²) in [5.74, 6) is 4.80. The van der Waals surface area contributed by atoms with Crippen molar-refractivity contribution in [2.24, 2.45) is 29.6 Å². The lowest BCUT2D eigenvalue weighted by atomic mass is 9.53. The highest BCUT2D eigenvalue weighted by Crippen LogP contribution is 2.55. The molecule has 1 heterocycles. The molecular formula is C25H40N2O2. The minimum absolute atomic E-state index is 0.131. The van der Waals surface area contributed by atoms with Crippen LogP contribution in [0.5, 0.6) is 0 Å². The van der Waals surface area contributed by atoms with Crippen molar-refractivity contribution >= 4 is 11.8 Å². The fourth-order valence-corrected chi connectivity index (χ4v) is 8.17. The van der Waals surface area contributed by atoms with Gasteiger partial charge in [-0.05, 0) is 93.8 Å². The van der Waals surface area contributed by atoms with Gasteiger partial charge in [0.15, 0.2) is 0 Å². The summed E-state index contributed by atoms with van der Waals surface area (Å²) >= 11 is 0. The molecule has 0 aromatic rings. The van der Waals surface area contributed by atoms with Crippen LogP contribution >= 0.6 is 0 Å². The Morgan fingerprint density at radius 1 is 0.828 bits per heavy atom. The minimum atomic E-state index is 0.131. The molecule has 5 aliphatic carbocycles. The zero-order valence-electron chi connectivity index (χ0n) is 18.2. The lowest BCUT2D eigenvalue weighted by molar-refractivity contribution is -0.134. The Hall–Kier alpha value is -1.06. The maximum absolute atomic E-state index is 12.6. The molecule has 1 N–H and O–H groups in total. The average Bonchev–Trinajstić information content (AvgIpc) is 2.69. The first-order valence-electron chi connectivity index (χ1n) is 12.7. The van der Waals surface area contributed by atoms with Gasteiger partial charge in [-0.2, -0.15) is 0 Å². The number of hydrogen-bond donors (Lipinski definition) is 1. The van der Waals surface area contributed by atoms with Crippen molar-refractivity contribution in [3.05, 3.63) is 0 Å². The number of carbonyl (C=O) groups excluding carboxylic acids is 2. The highest BCUT2D eigenvalue weighted by atomic mass is 16.2. The Labute approximate surface area is 176 Å². The Morgan fingerprint density at radius 3 is 2.14 bits per heavy atom. The van der Waals surface area contributed by atoms with Crippen molar-refractivity contribution in [2.75, 3.05) is 13.1 Å². The molecule has 6 fully saturated rings. The molecule has 2 unspecified atom stereocenters. The highest BCUT2D eigenvalue weighted by molar-refractivity contribution is 5.77. The number of piperidine rings is 1. The van der Waals surface area contributed by atoms with Crippen molar-refractivity contribution < 1.29 is 9.59 Å². The molecule has 29 heavy (non-hydrogen) atoms. The first-order chi connectivity index (χ1) is 14.1. The maximum atomic E-state index is 12.6. The maximum Gasteiger partial charge on any atom is 0.222 e. The van der Waals surface area contributed by atoms with Gasteiger partial charge in [-0.3, -0.25) is 9.59 Å². The zero-order chi connectivity index (χ0) is 19.8. The van der Waals surface area contributed by atoms with Crippen LogP contribution in [-0.4, -0.2) is 35.3 Å². The average molecular weight is 401 g/mol. The van der Waals surface area contributed by atoms with E-state index in [1.165, 1.54) is 70.6 Å². The number of fused-ring (bicyclic) bond motifs is 1. The van der Waals surface area contributed by atoms with Gasteiger partial charge in [0.1, 0.15) is 0 Å². The van der Waals surface area contributed by atoms with Crippen LogP contribution in [0.4, 0.5) is 0 Å². The molecule has 0 aromatic heterocycles. The second kappa shape index (κ2) is 8.23. The van der Waals surface area contributed by atoms with Gasteiger partial charge in [-0.1, -0.05) is 19.3 Å². The molecule has 5 saturated carbocycles. The van der Waals surface area contributed by atoms with E-state index in [2.05, 4.69) is 10.2 Å². The van der Waals surface area contributed by atoms with E-state index in [1.807, 2.05) is 0 Å². The van der Waals surface area contributed by atoms with Gasteiger partial charge in [0.25, 0.3) is 0 Å². The van der Waals surface area contributed by atoms with Gasteiger partial charge in [0.2, 0.25) is 11.8 Å². The van der Waals surface area contributed by atoms with Crippen molar-refractivity contribution in [3.63, 3.8) is 0 Å². The Kier molecular flexibility index (Phi) is 5.64. The highest BCUT2D eigenvalue weighted by Gasteiger charge is 2.51. The Bertz CT molecular complexity index is 595. The first kappa shape index (κ1) is 19.9. The summed E-state index contributed by atoms with van der Waals surface area (Å²) in [7, 11) is 0. The number of nitrogens with zero attached hydrogens (tertiary/aromatic N) is 1. The number of likely N-dealkylation sites (tertiary alicyclic amines) is 1. The fraction of sp³-hybridized carbons (Fsp3) is 0.920. The van der Waals surface area contributed by atoms with Gasteiger partial charge >= 0.3 is 0 Å². The monoisotopic (exact) mass is 400 g/mol. The zero-order valence-corrected chi connectivity index (χ0v) is 18.2. The predicted octanol–water partition coefficient (Wildman–Crippen LogP) is 4.67. The predicted molar refractivity (Wildman–Crippen MR) is 114 cm³/mol. The Balaban J connectivity index is 1.02. The van der Waals surface area contributed by atoms with E-state index in [9.17, 15) is 9.59 Å². The van der Waals surface area contributed by atoms with E-state index in [0.29, 0.717) is 18.7 Å².